The van der Waals surface area contributed by atoms with Gasteiger partial charge in [0.05, 0.1) is 6.61 Å². The van der Waals surface area contributed by atoms with Crippen LogP contribution in [0.2, 0.25) is 0 Å². The van der Waals surface area contributed by atoms with E-state index in [-0.39, 0.29) is 12.5 Å². The van der Waals surface area contributed by atoms with Crippen LogP contribution in [0.3, 0.4) is 0 Å². The lowest BCUT2D eigenvalue weighted by atomic mass is 9.97. The summed E-state index contributed by atoms with van der Waals surface area (Å²) in [5.74, 6) is 1.50. The largest absolute Gasteiger partial charge is 0.378 e. The lowest BCUT2D eigenvalue weighted by molar-refractivity contribution is -0.124. The molecule has 0 aromatic carbocycles. The first-order valence-electron chi connectivity index (χ1n) is 6.98. The predicted molar refractivity (Wildman–Crippen MR) is 75.5 cm³/mol. The highest BCUT2D eigenvalue weighted by atomic mass is 16.5. The molecule has 1 amide bonds. The summed E-state index contributed by atoms with van der Waals surface area (Å²) in [6.07, 6.45) is 5.97. The molecule has 7 nitrogen and oxygen atoms in total. The number of amides is 1. The smallest absolute Gasteiger partial charge is 0.240 e. The number of aryl methyl sites for hydroxylation is 2. The molecule has 7 heteroatoms. The van der Waals surface area contributed by atoms with Gasteiger partial charge >= 0.3 is 0 Å². The molecule has 1 saturated heterocycles. The fraction of sp³-hybridized carbons (Fsp3) is 0.500. The molecule has 2 N–H and O–H groups in total. The predicted octanol–water partition coefficient (Wildman–Crippen LogP) is 0.655. The molecule has 1 fully saturated rings. The second kappa shape index (κ2) is 5.33. The number of carbonyl (C=O) groups excluding carboxylic acids is 1. The Hall–Kier alpha value is -2.15. The second-order valence-electron chi connectivity index (χ2n) is 5.45. The molecule has 1 aliphatic heterocycles. The van der Waals surface area contributed by atoms with Gasteiger partial charge in [-0.2, -0.15) is 0 Å². The van der Waals surface area contributed by atoms with E-state index in [2.05, 4.69) is 20.3 Å². The van der Waals surface area contributed by atoms with Crippen LogP contribution in [0.15, 0.2) is 18.6 Å². The quantitative estimate of drug-likeness (QED) is 0.865. The van der Waals surface area contributed by atoms with Crippen molar-refractivity contribution in [3.63, 3.8) is 0 Å². The number of rotatable bonds is 4. The van der Waals surface area contributed by atoms with E-state index >= 15 is 0 Å². The first-order valence-corrected chi connectivity index (χ1v) is 6.98. The number of hydrogen-bond donors (Lipinski definition) is 2. The van der Waals surface area contributed by atoms with Crippen molar-refractivity contribution >= 4 is 5.91 Å². The fourth-order valence-electron chi connectivity index (χ4n) is 2.60. The van der Waals surface area contributed by atoms with Crippen molar-refractivity contribution in [2.75, 3.05) is 13.2 Å². The number of aromatic nitrogens is 4. The van der Waals surface area contributed by atoms with Crippen molar-refractivity contribution in [2.45, 2.75) is 32.4 Å². The van der Waals surface area contributed by atoms with Crippen molar-refractivity contribution in [2.24, 2.45) is 0 Å². The Kier molecular flexibility index (Phi) is 3.50. The zero-order valence-electron chi connectivity index (χ0n) is 12.2. The van der Waals surface area contributed by atoms with Crippen LogP contribution in [-0.4, -0.2) is 38.6 Å². The van der Waals surface area contributed by atoms with Gasteiger partial charge < -0.3 is 19.6 Å². The first-order chi connectivity index (χ1) is 10.1. The molecule has 2 aromatic rings. The van der Waals surface area contributed by atoms with Gasteiger partial charge in [-0.05, 0) is 13.8 Å². The highest BCUT2D eigenvalue weighted by Crippen LogP contribution is 2.28. The summed E-state index contributed by atoms with van der Waals surface area (Å²) in [6, 6.07) is 0. The molecule has 1 aliphatic rings. The summed E-state index contributed by atoms with van der Waals surface area (Å²) in [5.41, 5.74) is 0.413. The average molecular weight is 289 g/mol. The van der Waals surface area contributed by atoms with Gasteiger partial charge in [0, 0.05) is 37.3 Å². The molecule has 2 aromatic heterocycles. The maximum absolute atomic E-state index is 12.3. The molecular weight excluding hydrogens is 270 g/mol. The lowest BCUT2D eigenvalue weighted by Gasteiger charge is -2.26. The Balaban J connectivity index is 1.76. The van der Waals surface area contributed by atoms with E-state index in [9.17, 15) is 4.79 Å². The zero-order chi connectivity index (χ0) is 14.9. The van der Waals surface area contributed by atoms with E-state index in [1.165, 1.54) is 0 Å². The Bertz CT molecular complexity index is 639. The van der Waals surface area contributed by atoms with Crippen LogP contribution in [0.5, 0.6) is 0 Å². The zero-order valence-corrected chi connectivity index (χ0v) is 12.2. The SMILES string of the molecule is Cc1cnc(C2(NC(=O)Cn3ccnc3C)CCOC2)[nH]1. The van der Waals surface area contributed by atoms with Crippen LogP contribution in [-0.2, 0) is 21.6 Å². The molecular formula is C14H19N5O2. The molecule has 1 atom stereocenters. The normalized spacial score (nSPS) is 21.6. The Morgan fingerprint density at radius 2 is 2.38 bits per heavy atom. The number of ether oxygens (including phenoxy) is 1. The fourth-order valence-corrected chi connectivity index (χ4v) is 2.60. The highest BCUT2D eigenvalue weighted by molar-refractivity contribution is 5.76. The van der Waals surface area contributed by atoms with Crippen LogP contribution >= 0.6 is 0 Å². The molecule has 21 heavy (non-hydrogen) atoms. The standard InChI is InChI=1S/C14H19N5O2/c1-10-7-16-13(17-10)14(3-6-21-9-14)18-12(20)8-19-5-4-15-11(19)2/h4-5,7H,3,6,8-9H2,1-2H3,(H,16,17)(H,18,20). The third kappa shape index (κ3) is 2.69. The minimum atomic E-state index is -0.556. The third-order valence-electron chi connectivity index (χ3n) is 3.79. The van der Waals surface area contributed by atoms with Gasteiger partial charge in [0.15, 0.2) is 0 Å². The summed E-state index contributed by atoms with van der Waals surface area (Å²) in [7, 11) is 0. The summed E-state index contributed by atoms with van der Waals surface area (Å²) in [6.45, 7) is 5.11. The number of aromatic amines is 1. The number of carbonyl (C=O) groups is 1. The molecule has 1 unspecified atom stereocenters. The second-order valence-corrected chi connectivity index (χ2v) is 5.45. The van der Waals surface area contributed by atoms with Gasteiger partial charge in [0.1, 0.15) is 23.7 Å². The topological polar surface area (TPSA) is 84.8 Å². The number of imidazole rings is 2. The molecule has 0 bridgehead atoms. The number of nitrogens with one attached hydrogen (secondary N) is 2. The van der Waals surface area contributed by atoms with Gasteiger partial charge in [-0.1, -0.05) is 0 Å². The minimum Gasteiger partial charge on any atom is -0.378 e. The van der Waals surface area contributed by atoms with Crippen molar-refractivity contribution in [3.05, 3.63) is 35.9 Å². The van der Waals surface area contributed by atoms with E-state index in [4.69, 9.17) is 4.74 Å². The van der Waals surface area contributed by atoms with Crippen molar-refractivity contribution in [1.29, 1.82) is 0 Å². The Morgan fingerprint density at radius 3 is 2.95 bits per heavy atom. The van der Waals surface area contributed by atoms with Crippen LogP contribution < -0.4 is 5.32 Å². The number of nitrogens with zero attached hydrogens (tertiary/aromatic N) is 3. The van der Waals surface area contributed by atoms with Gasteiger partial charge in [0.2, 0.25) is 5.91 Å². The Labute approximate surface area is 122 Å². The summed E-state index contributed by atoms with van der Waals surface area (Å²) in [5, 5.41) is 3.08. The molecule has 0 radical (unpaired) electrons. The summed E-state index contributed by atoms with van der Waals surface area (Å²) in [4.78, 5) is 24.0. The average Bonchev–Trinajstić information content (AvgIpc) is 3.14. The van der Waals surface area contributed by atoms with Gasteiger partial charge in [-0.3, -0.25) is 4.79 Å². The van der Waals surface area contributed by atoms with E-state index in [0.29, 0.717) is 19.6 Å². The molecule has 0 spiro atoms. The Morgan fingerprint density at radius 1 is 1.52 bits per heavy atom. The first kappa shape index (κ1) is 13.8. The van der Waals surface area contributed by atoms with Crippen LogP contribution in [0.4, 0.5) is 0 Å². The van der Waals surface area contributed by atoms with Gasteiger partial charge in [0.25, 0.3) is 0 Å². The number of hydrogen-bond acceptors (Lipinski definition) is 4. The van der Waals surface area contributed by atoms with E-state index in [1.54, 1.807) is 18.6 Å². The molecule has 0 saturated carbocycles. The lowest BCUT2D eigenvalue weighted by Crippen LogP contribution is -2.48. The molecule has 112 valence electrons. The maximum atomic E-state index is 12.3. The van der Waals surface area contributed by atoms with Crippen LogP contribution in [0, 0.1) is 13.8 Å². The van der Waals surface area contributed by atoms with E-state index < -0.39 is 5.54 Å². The van der Waals surface area contributed by atoms with Crippen LogP contribution in [0.25, 0.3) is 0 Å². The van der Waals surface area contributed by atoms with Gasteiger partial charge in [-0.25, -0.2) is 9.97 Å². The van der Waals surface area contributed by atoms with Crippen LogP contribution in [0.1, 0.15) is 23.8 Å². The molecule has 3 rings (SSSR count). The van der Waals surface area contributed by atoms with Crippen molar-refractivity contribution in [3.8, 4) is 0 Å². The minimum absolute atomic E-state index is 0.0735. The van der Waals surface area contributed by atoms with E-state index in [0.717, 1.165) is 17.3 Å². The third-order valence-corrected chi connectivity index (χ3v) is 3.79. The maximum Gasteiger partial charge on any atom is 0.240 e. The van der Waals surface area contributed by atoms with Gasteiger partial charge in [-0.15, -0.1) is 0 Å². The summed E-state index contributed by atoms with van der Waals surface area (Å²) >= 11 is 0. The highest BCUT2D eigenvalue weighted by Gasteiger charge is 2.40. The van der Waals surface area contributed by atoms with Crippen molar-refractivity contribution in [1.82, 2.24) is 24.8 Å². The molecule has 0 aliphatic carbocycles. The van der Waals surface area contributed by atoms with Crippen molar-refractivity contribution < 1.29 is 9.53 Å². The number of H-pyrrole nitrogens is 1. The summed E-state index contributed by atoms with van der Waals surface area (Å²) < 4.78 is 7.30. The monoisotopic (exact) mass is 289 g/mol. The molecule has 3 heterocycles. The van der Waals surface area contributed by atoms with E-state index in [1.807, 2.05) is 18.4 Å².